The van der Waals surface area contributed by atoms with E-state index in [0.717, 1.165) is 0 Å². The third-order valence-electron chi connectivity index (χ3n) is 4.52. The number of hydrogen-bond acceptors (Lipinski definition) is 4. The summed E-state index contributed by atoms with van der Waals surface area (Å²) >= 11 is 0. The second kappa shape index (κ2) is 5.08. The molecule has 2 aliphatic rings. The van der Waals surface area contributed by atoms with E-state index in [9.17, 15) is 37.2 Å². The molecular weight excluding hydrogens is 336 g/mol. The molecule has 0 saturated carbocycles. The lowest BCUT2D eigenvalue weighted by Crippen LogP contribution is -3.16. The normalized spacial score (nSPS) is 27.0. The number of halogens is 4. The number of hydrogen-bond donors (Lipinski definition) is 1. The van der Waals surface area contributed by atoms with Gasteiger partial charge in [-0.05, 0) is 13.3 Å². The van der Waals surface area contributed by atoms with Crippen LogP contribution in [0.15, 0.2) is 0 Å². The molecule has 0 aromatic heterocycles. The first-order valence-corrected chi connectivity index (χ1v) is 6.90. The second-order valence-corrected chi connectivity index (χ2v) is 5.86. The van der Waals surface area contributed by atoms with E-state index in [1.807, 2.05) is 0 Å². The van der Waals surface area contributed by atoms with Gasteiger partial charge in [-0.15, -0.1) is 0 Å². The molecule has 2 atom stereocenters. The number of quaternary nitrogens is 1. The first-order chi connectivity index (χ1) is 11.1. The predicted octanol–water partition coefficient (Wildman–Crippen LogP) is 0.187. The number of amides is 3. The minimum absolute atomic E-state index is 0.232. The van der Waals surface area contributed by atoms with Crippen molar-refractivity contribution in [1.82, 2.24) is 4.90 Å². The standard InChI is InChI=1S/C14H10F4N2O4/c1-14(3-2-6(21)20(24)13(14)23)19-4-5-7(12(19)22)9(16)11(18)10(17)8(5)15/h20H,2-4H2,1H3. The molecule has 2 heterocycles. The maximum absolute atomic E-state index is 13.9. The zero-order valence-corrected chi connectivity index (χ0v) is 12.2. The Labute approximate surface area is 132 Å². The molecule has 0 spiro atoms. The van der Waals surface area contributed by atoms with Crippen molar-refractivity contribution in [3.8, 4) is 0 Å². The van der Waals surface area contributed by atoms with Crippen LogP contribution in [-0.4, -0.2) is 28.2 Å². The molecule has 3 rings (SSSR count). The fourth-order valence-corrected chi connectivity index (χ4v) is 3.02. The monoisotopic (exact) mass is 346 g/mol. The fourth-order valence-electron chi connectivity index (χ4n) is 3.02. The van der Waals surface area contributed by atoms with Crippen molar-refractivity contribution in [3.05, 3.63) is 39.6 Å². The Hall–Kier alpha value is -2.33. The van der Waals surface area contributed by atoms with Crippen molar-refractivity contribution >= 4 is 17.7 Å². The summed E-state index contributed by atoms with van der Waals surface area (Å²) in [7, 11) is 0. The lowest BCUT2D eigenvalue weighted by atomic mass is 9.89. The highest BCUT2D eigenvalue weighted by molar-refractivity contribution is 6.03. The number of carbonyl (C=O) groups excluding carboxylic acids is 3. The summed E-state index contributed by atoms with van der Waals surface area (Å²) in [5.74, 6) is -11.1. The summed E-state index contributed by atoms with van der Waals surface area (Å²) in [6.45, 7) is 0.462. The maximum Gasteiger partial charge on any atom is 0.344 e. The van der Waals surface area contributed by atoms with Crippen LogP contribution in [0.25, 0.3) is 0 Å². The average molecular weight is 346 g/mol. The molecule has 1 fully saturated rings. The Morgan fingerprint density at radius 2 is 1.62 bits per heavy atom. The highest BCUT2D eigenvalue weighted by Crippen LogP contribution is 2.37. The molecular formula is C14H10F4N2O4. The van der Waals surface area contributed by atoms with Crippen molar-refractivity contribution in [2.24, 2.45) is 0 Å². The van der Waals surface area contributed by atoms with Crippen LogP contribution in [-0.2, 0) is 16.1 Å². The number of rotatable bonds is 1. The maximum atomic E-state index is 13.9. The number of fused-ring (bicyclic) bond motifs is 1. The Morgan fingerprint density at radius 1 is 1.04 bits per heavy atom. The van der Waals surface area contributed by atoms with Gasteiger partial charge >= 0.3 is 11.8 Å². The molecule has 1 saturated heterocycles. The highest BCUT2D eigenvalue weighted by atomic mass is 19.2. The molecule has 128 valence electrons. The summed E-state index contributed by atoms with van der Waals surface area (Å²) in [4.78, 5) is 36.5. The largest absolute Gasteiger partial charge is 0.619 e. The van der Waals surface area contributed by atoms with Crippen LogP contribution >= 0.6 is 0 Å². The highest BCUT2D eigenvalue weighted by Gasteiger charge is 2.54. The number of piperidine rings is 1. The Balaban J connectivity index is 2.09. The summed E-state index contributed by atoms with van der Waals surface area (Å²) < 4.78 is 54.4. The Morgan fingerprint density at radius 3 is 2.25 bits per heavy atom. The molecule has 1 N–H and O–H groups in total. The number of carbonyl (C=O) groups is 3. The number of nitrogens with zero attached hydrogens (tertiary/aromatic N) is 1. The molecule has 24 heavy (non-hydrogen) atoms. The van der Waals surface area contributed by atoms with Crippen molar-refractivity contribution in [1.29, 1.82) is 0 Å². The van der Waals surface area contributed by atoms with E-state index in [-0.39, 0.29) is 12.8 Å². The lowest BCUT2D eigenvalue weighted by molar-refractivity contribution is -0.688. The summed E-state index contributed by atoms with van der Waals surface area (Å²) in [6, 6.07) is 0. The molecule has 0 radical (unpaired) electrons. The van der Waals surface area contributed by atoms with Gasteiger partial charge in [0.05, 0.1) is 18.5 Å². The van der Waals surface area contributed by atoms with Gasteiger partial charge in [-0.2, -0.15) is 0 Å². The van der Waals surface area contributed by atoms with E-state index in [0.29, 0.717) is 4.90 Å². The molecule has 1 aromatic carbocycles. The molecule has 2 unspecified atom stereocenters. The van der Waals surface area contributed by atoms with Crippen LogP contribution in [0, 0.1) is 28.5 Å². The first-order valence-electron chi connectivity index (χ1n) is 6.90. The van der Waals surface area contributed by atoms with Gasteiger partial charge in [0.1, 0.15) is 0 Å². The minimum atomic E-state index is -2.13. The van der Waals surface area contributed by atoms with E-state index in [1.54, 1.807) is 0 Å². The topological polar surface area (TPSA) is 81.9 Å². The van der Waals surface area contributed by atoms with Crippen LogP contribution in [0.4, 0.5) is 17.6 Å². The van der Waals surface area contributed by atoms with Gasteiger partial charge in [0, 0.05) is 5.56 Å². The van der Waals surface area contributed by atoms with Gasteiger partial charge in [0.2, 0.25) is 0 Å². The van der Waals surface area contributed by atoms with Gasteiger partial charge < -0.3 is 10.1 Å². The predicted molar refractivity (Wildman–Crippen MR) is 68.1 cm³/mol. The van der Waals surface area contributed by atoms with Gasteiger partial charge in [-0.1, -0.05) is 0 Å². The number of benzene rings is 1. The van der Waals surface area contributed by atoms with Crippen LogP contribution in [0.1, 0.15) is 35.7 Å². The van der Waals surface area contributed by atoms with Crippen molar-refractivity contribution in [2.75, 3.05) is 0 Å². The minimum Gasteiger partial charge on any atom is -0.619 e. The number of imide groups is 1. The van der Waals surface area contributed by atoms with Gasteiger partial charge in [-0.3, -0.25) is 4.79 Å². The van der Waals surface area contributed by atoms with Crippen LogP contribution < -0.4 is 5.06 Å². The van der Waals surface area contributed by atoms with Gasteiger partial charge in [-0.25, -0.2) is 32.2 Å². The number of hydroxylamine groups is 2. The summed E-state index contributed by atoms with van der Waals surface area (Å²) in [5, 5.41) is 10.3. The molecule has 6 nitrogen and oxygen atoms in total. The number of nitrogens with one attached hydrogen (secondary N) is 1. The summed E-state index contributed by atoms with van der Waals surface area (Å²) in [6.07, 6.45) is -0.556. The molecule has 0 aliphatic carbocycles. The van der Waals surface area contributed by atoms with Gasteiger partial charge in [0.15, 0.2) is 28.8 Å². The van der Waals surface area contributed by atoms with E-state index in [1.165, 1.54) is 6.92 Å². The SMILES string of the molecule is CC1(N2Cc3c(F)c(F)c(F)c(F)c3C2=O)CCC(=O)[NH+]([O-])C1=O. The van der Waals surface area contributed by atoms with Crippen LogP contribution in [0.3, 0.4) is 0 Å². The molecule has 2 aliphatic heterocycles. The van der Waals surface area contributed by atoms with Crippen molar-refractivity contribution < 1.29 is 37.0 Å². The molecule has 3 amide bonds. The van der Waals surface area contributed by atoms with Crippen LogP contribution in [0.2, 0.25) is 0 Å². The van der Waals surface area contributed by atoms with Crippen molar-refractivity contribution in [2.45, 2.75) is 31.8 Å². The second-order valence-electron chi connectivity index (χ2n) is 5.86. The van der Waals surface area contributed by atoms with Crippen molar-refractivity contribution in [3.63, 3.8) is 0 Å². The van der Waals surface area contributed by atoms with E-state index < -0.39 is 69.3 Å². The third-order valence-corrected chi connectivity index (χ3v) is 4.52. The molecule has 1 aromatic rings. The first kappa shape index (κ1) is 16.5. The molecule has 0 bridgehead atoms. The van der Waals surface area contributed by atoms with Crippen LogP contribution in [0.5, 0.6) is 0 Å². The fraction of sp³-hybridized carbons (Fsp3) is 0.357. The van der Waals surface area contributed by atoms with Gasteiger partial charge in [0.25, 0.3) is 5.91 Å². The Bertz CT molecular complexity index is 813. The zero-order valence-electron chi connectivity index (χ0n) is 12.2. The summed E-state index contributed by atoms with van der Waals surface area (Å²) in [5.41, 5.74) is -3.55. The Kier molecular flexibility index (Phi) is 3.50. The van der Waals surface area contributed by atoms with E-state index in [4.69, 9.17) is 0 Å². The zero-order chi connectivity index (χ0) is 18.0. The van der Waals surface area contributed by atoms with E-state index in [2.05, 4.69) is 0 Å². The lowest BCUT2D eigenvalue weighted by Gasteiger charge is -2.41. The van der Waals surface area contributed by atoms with E-state index >= 15 is 0 Å². The third kappa shape index (κ3) is 1.93. The smallest absolute Gasteiger partial charge is 0.344 e. The molecule has 10 heteroatoms. The quantitative estimate of drug-likeness (QED) is 0.259. The average Bonchev–Trinajstić information content (AvgIpc) is 2.91.